The Morgan fingerprint density at radius 3 is 1.64 bits per heavy atom. The Bertz CT molecular complexity index is 908. The molecular formula is C27H57N3O6Si3. The van der Waals surface area contributed by atoms with Gasteiger partial charge in [-0.05, 0) is 54.4 Å². The molecule has 1 N–H and O–H groups in total. The fourth-order valence-corrected chi connectivity index (χ4v) is 7.71. The van der Waals surface area contributed by atoms with Gasteiger partial charge in [0.1, 0.15) is 18.2 Å². The molecule has 0 aromatic rings. The van der Waals surface area contributed by atoms with Crippen molar-refractivity contribution < 1.29 is 27.9 Å². The number of fused-ring (bicyclic) bond motifs is 1. The van der Waals surface area contributed by atoms with Crippen LogP contribution in [0.25, 0.3) is 0 Å². The first-order valence-electron chi connectivity index (χ1n) is 14.2. The second-order valence-corrected chi connectivity index (χ2v) is 30.2. The Morgan fingerprint density at radius 2 is 1.23 bits per heavy atom. The van der Waals surface area contributed by atoms with E-state index in [0.717, 1.165) is 0 Å². The molecule has 2 rings (SSSR count). The molecular weight excluding hydrogens is 547 g/mol. The molecule has 2 heterocycles. The number of rotatable bonds is 8. The number of piperidine rings is 1. The molecule has 0 aromatic carbocycles. The van der Waals surface area contributed by atoms with Gasteiger partial charge in [0.15, 0.2) is 31.0 Å². The van der Waals surface area contributed by atoms with Crippen LogP contribution in [0.2, 0.25) is 54.4 Å². The van der Waals surface area contributed by atoms with Crippen molar-refractivity contribution in [3.05, 3.63) is 0 Å². The second kappa shape index (κ2) is 11.2. The van der Waals surface area contributed by atoms with Crippen LogP contribution in [0.5, 0.6) is 0 Å². The Hall–Kier alpha value is -0.639. The summed E-state index contributed by atoms with van der Waals surface area (Å²) in [5.74, 6) is -0.471. The molecule has 12 heteroatoms. The van der Waals surface area contributed by atoms with Crippen LogP contribution in [0, 0.1) is 0 Å². The van der Waals surface area contributed by atoms with Crippen LogP contribution in [0.1, 0.15) is 62.3 Å². The van der Waals surface area contributed by atoms with Gasteiger partial charge in [-0.1, -0.05) is 67.5 Å². The summed E-state index contributed by atoms with van der Waals surface area (Å²) in [5.41, 5.74) is 0. The molecule has 2 unspecified atom stereocenters. The van der Waals surface area contributed by atoms with E-state index in [-0.39, 0.29) is 21.7 Å². The molecule has 0 spiro atoms. The summed E-state index contributed by atoms with van der Waals surface area (Å²) in [4.78, 5) is 13.0. The number of carbonyl (C=O) groups is 1. The lowest BCUT2D eigenvalue weighted by molar-refractivity contribution is -0.166. The second-order valence-electron chi connectivity index (χ2n) is 15.9. The molecule has 9 nitrogen and oxygen atoms in total. The third kappa shape index (κ3) is 7.06. The Balaban J connectivity index is 2.66. The van der Waals surface area contributed by atoms with E-state index < -0.39 is 67.4 Å². The van der Waals surface area contributed by atoms with Crippen molar-refractivity contribution in [2.75, 3.05) is 13.7 Å². The van der Waals surface area contributed by atoms with E-state index in [0.29, 0.717) is 0 Å². The predicted octanol–water partition coefficient (Wildman–Crippen LogP) is 6.13. The average molecular weight is 604 g/mol. The Labute approximate surface area is 240 Å². The van der Waals surface area contributed by atoms with E-state index in [1.165, 1.54) is 7.11 Å². The zero-order chi connectivity index (χ0) is 30.6. The monoisotopic (exact) mass is 603 g/mol. The molecule has 1 saturated heterocycles. The van der Waals surface area contributed by atoms with Gasteiger partial charge in [0, 0.05) is 0 Å². The van der Waals surface area contributed by atoms with Crippen molar-refractivity contribution >= 4 is 30.9 Å². The lowest BCUT2D eigenvalue weighted by Gasteiger charge is -2.54. The van der Waals surface area contributed by atoms with E-state index in [4.69, 9.17) is 18.0 Å². The molecule has 2 aliphatic heterocycles. The SMILES string of the molecule is COC(=O)C1N=NN2C1[C@H](O[Si](C)(C)C(C)(C)C)[C@@H](O[Si](C)(C)C(C)(C)C)[C@H](O)[C@H]2CO[Si](C)(C)C(C)(C)C. The van der Waals surface area contributed by atoms with Gasteiger partial charge < -0.3 is 23.1 Å². The first-order chi connectivity index (χ1) is 17.3. The van der Waals surface area contributed by atoms with Crippen LogP contribution in [0.3, 0.4) is 0 Å². The first kappa shape index (κ1) is 34.6. The van der Waals surface area contributed by atoms with Crippen LogP contribution in [-0.2, 0) is 22.8 Å². The highest BCUT2D eigenvalue weighted by atomic mass is 28.4. The van der Waals surface area contributed by atoms with Gasteiger partial charge in [0.2, 0.25) is 0 Å². The quantitative estimate of drug-likeness (QED) is 0.263. The topological polar surface area (TPSA) is 102 Å². The Kier molecular flexibility index (Phi) is 9.94. The summed E-state index contributed by atoms with van der Waals surface area (Å²) in [5, 5.41) is 22.4. The van der Waals surface area contributed by atoms with Gasteiger partial charge in [0.05, 0.1) is 25.9 Å². The van der Waals surface area contributed by atoms with Crippen molar-refractivity contribution in [3.63, 3.8) is 0 Å². The molecule has 0 bridgehead atoms. The summed E-state index contributed by atoms with van der Waals surface area (Å²) < 4.78 is 25.8. The fraction of sp³-hybridized carbons (Fsp3) is 0.963. The van der Waals surface area contributed by atoms with Gasteiger partial charge in [-0.25, -0.2) is 4.79 Å². The standard InChI is InChI=1S/C27H57N3O6Si3/c1-25(2,3)37(11,12)34-17-18-21(31)23(36-39(15,16)27(7,8)9)22(35-38(13,14)26(4,5)6)20-19(24(32)33-10)28-29-30(18)20/h18-23,31H,17H2,1-16H3/t18-,19?,20?,21-,22+,23+/m1/s1. The smallest absolute Gasteiger partial charge is 0.334 e. The molecule has 39 heavy (non-hydrogen) atoms. The van der Waals surface area contributed by atoms with E-state index >= 15 is 0 Å². The normalized spacial score (nSPS) is 29.0. The molecule has 228 valence electrons. The number of esters is 1. The van der Waals surface area contributed by atoms with Crippen molar-refractivity contribution in [2.45, 2.75) is 153 Å². The number of aliphatic hydroxyl groups excluding tert-OH is 1. The minimum absolute atomic E-state index is 0.00187. The van der Waals surface area contributed by atoms with Crippen LogP contribution >= 0.6 is 0 Å². The lowest BCUT2D eigenvalue weighted by atomic mass is 9.86. The predicted molar refractivity (Wildman–Crippen MR) is 163 cm³/mol. The van der Waals surface area contributed by atoms with Crippen molar-refractivity contribution in [3.8, 4) is 0 Å². The van der Waals surface area contributed by atoms with Crippen molar-refractivity contribution in [1.82, 2.24) is 5.01 Å². The first-order valence-corrected chi connectivity index (χ1v) is 23.0. The van der Waals surface area contributed by atoms with Gasteiger partial charge in [-0.2, -0.15) is 5.11 Å². The van der Waals surface area contributed by atoms with Crippen LogP contribution in [0.4, 0.5) is 0 Å². The molecule has 6 atom stereocenters. The molecule has 0 aliphatic carbocycles. The largest absolute Gasteiger partial charge is 0.467 e. The van der Waals surface area contributed by atoms with E-state index in [9.17, 15) is 9.90 Å². The lowest BCUT2D eigenvalue weighted by Crippen LogP contribution is -2.72. The van der Waals surface area contributed by atoms with Crippen molar-refractivity contribution in [1.29, 1.82) is 0 Å². The van der Waals surface area contributed by atoms with Gasteiger partial charge in [-0.3, -0.25) is 5.01 Å². The summed E-state index contributed by atoms with van der Waals surface area (Å²) in [6.45, 7) is 33.0. The number of hydrogen-bond acceptors (Lipinski definition) is 9. The summed E-state index contributed by atoms with van der Waals surface area (Å²) in [6.07, 6.45) is -2.26. The molecule has 0 saturated carbocycles. The molecule has 2 aliphatic rings. The van der Waals surface area contributed by atoms with Crippen molar-refractivity contribution in [2.24, 2.45) is 10.3 Å². The number of ether oxygens (including phenoxy) is 1. The zero-order valence-electron chi connectivity index (χ0n) is 27.5. The third-order valence-corrected chi connectivity index (χ3v) is 23.4. The van der Waals surface area contributed by atoms with E-state index in [1.54, 1.807) is 5.01 Å². The fourth-order valence-electron chi connectivity index (χ4n) is 4.07. The summed E-state index contributed by atoms with van der Waals surface area (Å²) >= 11 is 0. The molecule has 1 fully saturated rings. The highest BCUT2D eigenvalue weighted by molar-refractivity contribution is 6.75. The summed E-state index contributed by atoms with van der Waals surface area (Å²) in [6, 6.07) is -1.99. The number of carbonyl (C=O) groups excluding carboxylic acids is 1. The van der Waals surface area contributed by atoms with Crippen LogP contribution in [0.15, 0.2) is 10.3 Å². The number of aliphatic hydroxyl groups is 1. The van der Waals surface area contributed by atoms with Crippen LogP contribution in [-0.4, -0.2) is 91.2 Å². The van der Waals surface area contributed by atoms with Gasteiger partial charge in [-0.15, -0.1) is 0 Å². The summed E-state index contributed by atoms with van der Waals surface area (Å²) in [7, 11) is -5.53. The van der Waals surface area contributed by atoms with Crippen LogP contribution < -0.4 is 0 Å². The highest BCUT2D eigenvalue weighted by Crippen LogP contribution is 2.46. The van der Waals surface area contributed by atoms with E-state index in [2.05, 4.69) is 112 Å². The molecule has 0 aromatic heterocycles. The maximum Gasteiger partial charge on any atom is 0.334 e. The minimum Gasteiger partial charge on any atom is -0.467 e. The number of hydrogen-bond donors (Lipinski definition) is 1. The van der Waals surface area contributed by atoms with Gasteiger partial charge >= 0.3 is 5.97 Å². The zero-order valence-corrected chi connectivity index (χ0v) is 30.5. The van der Waals surface area contributed by atoms with E-state index in [1.807, 2.05) is 0 Å². The minimum atomic E-state index is -2.38. The maximum atomic E-state index is 13.0. The molecule has 0 radical (unpaired) electrons. The third-order valence-electron chi connectivity index (χ3n) is 9.98. The molecule has 0 amide bonds. The number of methoxy groups -OCH3 is 1. The Morgan fingerprint density at radius 1 is 0.795 bits per heavy atom. The maximum absolute atomic E-state index is 13.0. The van der Waals surface area contributed by atoms with Gasteiger partial charge in [0.25, 0.3) is 0 Å². The number of nitrogens with zero attached hydrogens (tertiary/aromatic N) is 3. The average Bonchev–Trinajstić information content (AvgIpc) is 3.17. The highest BCUT2D eigenvalue weighted by Gasteiger charge is 2.60.